The molecule has 0 atom stereocenters. The van der Waals surface area contributed by atoms with E-state index in [-0.39, 0.29) is 5.97 Å². The van der Waals surface area contributed by atoms with Crippen LogP contribution in [0.15, 0.2) is 61.2 Å². The van der Waals surface area contributed by atoms with Crippen molar-refractivity contribution < 1.29 is 23.8 Å². The molecule has 0 N–H and O–H groups in total. The third-order valence-corrected chi connectivity index (χ3v) is 4.21. The van der Waals surface area contributed by atoms with Gasteiger partial charge in [-0.1, -0.05) is 45.3 Å². The van der Waals surface area contributed by atoms with Gasteiger partial charge in [-0.3, -0.25) is 4.79 Å². The Morgan fingerprint density at radius 3 is 2.03 bits per heavy atom. The molecule has 2 aromatic rings. The van der Waals surface area contributed by atoms with Gasteiger partial charge in [-0.2, -0.15) is 0 Å². The molecule has 0 unspecified atom stereocenters. The summed E-state index contributed by atoms with van der Waals surface area (Å²) in [6, 6.07) is 13.1. The van der Waals surface area contributed by atoms with E-state index in [9.17, 15) is 9.59 Å². The Kier molecular flexibility index (Phi) is 9.49. The van der Waals surface area contributed by atoms with Gasteiger partial charge in [0.15, 0.2) is 0 Å². The van der Waals surface area contributed by atoms with Gasteiger partial charge in [-0.15, -0.1) is 0 Å². The van der Waals surface area contributed by atoms with Crippen LogP contribution in [0.4, 0.5) is 0 Å². The fraction of sp³-hybridized carbons (Fsp3) is 0.333. The van der Waals surface area contributed by atoms with Crippen molar-refractivity contribution in [2.45, 2.75) is 45.4 Å². The molecule has 0 amide bonds. The smallest absolute Gasteiger partial charge is 0.343 e. The lowest BCUT2D eigenvalue weighted by atomic mass is 10.1. The Balaban J connectivity index is 1.79. The lowest BCUT2D eigenvalue weighted by molar-refractivity contribution is -0.134. The highest BCUT2D eigenvalue weighted by Gasteiger charge is 2.10. The van der Waals surface area contributed by atoms with Crippen molar-refractivity contribution in [3.8, 4) is 17.2 Å². The number of carbonyl (C=O) groups is 2. The van der Waals surface area contributed by atoms with E-state index >= 15 is 0 Å². The Hall–Kier alpha value is -3.08. The van der Waals surface area contributed by atoms with Gasteiger partial charge in [0.1, 0.15) is 23.9 Å². The molecule has 5 nitrogen and oxygen atoms in total. The SMILES string of the molecule is C=CCOc1ccc(C(=O)Oc2ccc(OC(=O)CCCCCCC)cc2)cc1. The summed E-state index contributed by atoms with van der Waals surface area (Å²) in [7, 11) is 0. The van der Waals surface area contributed by atoms with Crippen LogP contribution in [0, 0.1) is 0 Å². The normalized spacial score (nSPS) is 10.2. The summed E-state index contributed by atoms with van der Waals surface area (Å²) >= 11 is 0. The second kappa shape index (κ2) is 12.4. The summed E-state index contributed by atoms with van der Waals surface area (Å²) in [5.41, 5.74) is 0.412. The van der Waals surface area contributed by atoms with Gasteiger partial charge in [-0.05, 0) is 55.0 Å². The van der Waals surface area contributed by atoms with E-state index in [0.29, 0.717) is 35.8 Å². The van der Waals surface area contributed by atoms with Gasteiger partial charge in [-0.25, -0.2) is 4.79 Å². The minimum Gasteiger partial charge on any atom is -0.490 e. The molecule has 0 saturated heterocycles. The quantitative estimate of drug-likeness (QED) is 0.198. The van der Waals surface area contributed by atoms with Gasteiger partial charge in [0.2, 0.25) is 0 Å². The standard InChI is InChI=1S/C24H28O5/c1-3-5-6-7-8-9-23(25)28-21-14-16-22(17-15-21)29-24(26)19-10-12-20(13-11-19)27-18-4-2/h4,10-17H,2-3,5-9,18H2,1H3. The monoisotopic (exact) mass is 396 g/mol. The van der Waals surface area contributed by atoms with Crippen molar-refractivity contribution in [1.82, 2.24) is 0 Å². The van der Waals surface area contributed by atoms with Gasteiger partial charge < -0.3 is 14.2 Å². The molecule has 154 valence electrons. The topological polar surface area (TPSA) is 61.8 Å². The van der Waals surface area contributed by atoms with Crippen LogP contribution in [-0.2, 0) is 4.79 Å². The van der Waals surface area contributed by atoms with Crippen LogP contribution < -0.4 is 14.2 Å². The minimum absolute atomic E-state index is 0.245. The minimum atomic E-state index is -0.475. The highest BCUT2D eigenvalue weighted by atomic mass is 16.5. The third kappa shape index (κ3) is 8.21. The second-order valence-electron chi connectivity index (χ2n) is 6.62. The Morgan fingerprint density at radius 1 is 0.828 bits per heavy atom. The molecule has 29 heavy (non-hydrogen) atoms. The predicted molar refractivity (Wildman–Crippen MR) is 113 cm³/mol. The number of carbonyl (C=O) groups excluding carboxylic acids is 2. The first kappa shape index (κ1) is 22.2. The Labute approximate surface area is 172 Å². The molecule has 0 spiro atoms. The molecule has 0 saturated carbocycles. The van der Waals surface area contributed by atoms with Crippen molar-refractivity contribution in [1.29, 1.82) is 0 Å². The number of unbranched alkanes of at least 4 members (excludes halogenated alkanes) is 4. The van der Waals surface area contributed by atoms with Crippen LogP contribution in [0.2, 0.25) is 0 Å². The first-order valence-corrected chi connectivity index (χ1v) is 9.99. The first-order valence-electron chi connectivity index (χ1n) is 9.99. The lowest BCUT2D eigenvalue weighted by Gasteiger charge is -2.08. The summed E-state index contributed by atoms with van der Waals surface area (Å²) in [5, 5.41) is 0. The number of hydrogen-bond donors (Lipinski definition) is 0. The number of rotatable bonds is 12. The van der Waals surface area contributed by atoms with Crippen LogP contribution >= 0.6 is 0 Å². The molecule has 0 radical (unpaired) electrons. The average molecular weight is 396 g/mol. The van der Waals surface area contributed by atoms with Crippen molar-refractivity contribution in [2.75, 3.05) is 6.61 Å². The zero-order valence-electron chi connectivity index (χ0n) is 16.9. The molecule has 0 aliphatic carbocycles. The van der Waals surface area contributed by atoms with E-state index in [1.54, 1.807) is 54.6 Å². The maximum Gasteiger partial charge on any atom is 0.343 e. The molecule has 0 aliphatic heterocycles. The second-order valence-corrected chi connectivity index (χ2v) is 6.62. The van der Waals surface area contributed by atoms with Crippen LogP contribution in [0.1, 0.15) is 55.8 Å². The summed E-state index contributed by atoms with van der Waals surface area (Å²) in [6.07, 6.45) is 7.46. The van der Waals surface area contributed by atoms with E-state index in [1.165, 1.54) is 12.8 Å². The molecule has 2 rings (SSSR count). The van der Waals surface area contributed by atoms with Gasteiger partial charge in [0.05, 0.1) is 5.56 Å². The number of benzene rings is 2. The molecule has 0 aliphatic rings. The van der Waals surface area contributed by atoms with E-state index in [1.807, 2.05) is 0 Å². The maximum atomic E-state index is 12.2. The van der Waals surface area contributed by atoms with Crippen LogP contribution in [0.3, 0.4) is 0 Å². The van der Waals surface area contributed by atoms with Crippen molar-refractivity contribution >= 4 is 11.9 Å². The molecular formula is C24H28O5. The third-order valence-electron chi connectivity index (χ3n) is 4.21. The summed E-state index contributed by atoms with van der Waals surface area (Å²) < 4.78 is 16.0. The lowest BCUT2D eigenvalue weighted by Crippen LogP contribution is -2.09. The molecule has 2 aromatic carbocycles. The molecule has 0 bridgehead atoms. The van der Waals surface area contributed by atoms with E-state index in [0.717, 1.165) is 19.3 Å². The molecular weight excluding hydrogens is 368 g/mol. The molecule has 0 aromatic heterocycles. The van der Waals surface area contributed by atoms with Gasteiger partial charge in [0, 0.05) is 6.42 Å². The highest BCUT2D eigenvalue weighted by Crippen LogP contribution is 2.20. The molecule has 0 fully saturated rings. The fourth-order valence-electron chi connectivity index (χ4n) is 2.64. The average Bonchev–Trinajstić information content (AvgIpc) is 2.74. The predicted octanol–water partition coefficient (Wildman–Crippen LogP) is 5.74. The number of ether oxygens (including phenoxy) is 3. The fourth-order valence-corrected chi connectivity index (χ4v) is 2.64. The van der Waals surface area contributed by atoms with Gasteiger partial charge >= 0.3 is 11.9 Å². The van der Waals surface area contributed by atoms with Crippen molar-refractivity contribution in [3.05, 3.63) is 66.7 Å². The van der Waals surface area contributed by atoms with Crippen LogP contribution in [-0.4, -0.2) is 18.5 Å². The zero-order chi connectivity index (χ0) is 20.9. The summed E-state index contributed by atoms with van der Waals surface area (Å²) in [5.74, 6) is 0.744. The Bertz CT molecular complexity index is 778. The zero-order valence-corrected chi connectivity index (χ0v) is 16.9. The van der Waals surface area contributed by atoms with Crippen LogP contribution in [0.5, 0.6) is 17.2 Å². The molecule has 0 heterocycles. The summed E-state index contributed by atoms with van der Waals surface area (Å²) in [4.78, 5) is 24.1. The van der Waals surface area contributed by atoms with Crippen molar-refractivity contribution in [2.24, 2.45) is 0 Å². The van der Waals surface area contributed by atoms with Crippen molar-refractivity contribution in [3.63, 3.8) is 0 Å². The summed E-state index contributed by atoms with van der Waals surface area (Å²) in [6.45, 7) is 6.15. The Morgan fingerprint density at radius 2 is 1.41 bits per heavy atom. The highest BCUT2D eigenvalue weighted by molar-refractivity contribution is 5.91. The maximum absolute atomic E-state index is 12.2. The number of esters is 2. The van der Waals surface area contributed by atoms with E-state index < -0.39 is 5.97 Å². The van der Waals surface area contributed by atoms with Crippen LogP contribution in [0.25, 0.3) is 0 Å². The first-order chi connectivity index (χ1) is 14.1. The van der Waals surface area contributed by atoms with Gasteiger partial charge in [0.25, 0.3) is 0 Å². The van der Waals surface area contributed by atoms with E-state index in [2.05, 4.69) is 13.5 Å². The molecule has 5 heteroatoms. The number of hydrogen-bond acceptors (Lipinski definition) is 5. The largest absolute Gasteiger partial charge is 0.490 e. The van der Waals surface area contributed by atoms with E-state index in [4.69, 9.17) is 14.2 Å².